The highest BCUT2D eigenvalue weighted by atomic mass is 35.5. The minimum Gasteiger partial charge on any atom is -0.468 e. The fourth-order valence-electron chi connectivity index (χ4n) is 4.61. The summed E-state index contributed by atoms with van der Waals surface area (Å²) in [5.74, 6) is 1.29. The van der Waals surface area contributed by atoms with E-state index < -0.39 is 6.04 Å². The maximum Gasteiger partial charge on any atom is 0.253 e. The van der Waals surface area contributed by atoms with Crippen LogP contribution in [0, 0.1) is 13.8 Å². The Bertz CT molecular complexity index is 1580. The van der Waals surface area contributed by atoms with Gasteiger partial charge in [0.05, 0.1) is 26.0 Å². The largest absolute Gasteiger partial charge is 0.468 e. The molecular formula is C28H29ClN6O3. The lowest BCUT2D eigenvalue weighted by Crippen LogP contribution is -2.35. The van der Waals surface area contributed by atoms with Crippen LogP contribution < -0.4 is 5.56 Å². The monoisotopic (exact) mass is 532 g/mol. The third kappa shape index (κ3) is 5.55. The minimum absolute atomic E-state index is 0.201. The van der Waals surface area contributed by atoms with E-state index in [0.717, 1.165) is 33.4 Å². The summed E-state index contributed by atoms with van der Waals surface area (Å²) in [4.78, 5) is 18.9. The number of furan rings is 1. The van der Waals surface area contributed by atoms with Gasteiger partial charge in [0, 0.05) is 29.8 Å². The Kier molecular flexibility index (Phi) is 7.69. The van der Waals surface area contributed by atoms with Gasteiger partial charge in [-0.3, -0.25) is 9.69 Å². The first-order valence-corrected chi connectivity index (χ1v) is 12.7. The first-order valence-electron chi connectivity index (χ1n) is 12.3. The molecule has 0 aliphatic heterocycles. The summed E-state index contributed by atoms with van der Waals surface area (Å²) in [6, 6.07) is 16.9. The second-order valence-corrected chi connectivity index (χ2v) is 9.78. The number of hydrogen-bond acceptors (Lipinski definition) is 7. The van der Waals surface area contributed by atoms with Gasteiger partial charge in [-0.2, -0.15) is 0 Å². The third-order valence-corrected chi connectivity index (χ3v) is 6.95. The molecule has 0 amide bonds. The topological polar surface area (TPSA) is 102 Å². The zero-order chi connectivity index (χ0) is 26.6. The van der Waals surface area contributed by atoms with Crippen LogP contribution in [-0.4, -0.2) is 43.8 Å². The van der Waals surface area contributed by atoms with Crippen LogP contribution in [0.25, 0.3) is 10.9 Å². The van der Waals surface area contributed by atoms with Crippen molar-refractivity contribution >= 4 is 22.5 Å². The molecule has 1 atom stereocenters. The van der Waals surface area contributed by atoms with Gasteiger partial charge in [0.1, 0.15) is 11.8 Å². The summed E-state index contributed by atoms with van der Waals surface area (Å²) in [7, 11) is 1.63. The van der Waals surface area contributed by atoms with Crippen LogP contribution in [0.1, 0.15) is 39.9 Å². The van der Waals surface area contributed by atoms with E-state index in [1.54, 1.807) is 18.1 Å². The van der Waals surface area contributed by atoms with Gasteiger partial charge in [0.25, 0.3) is 5.56 Å². The number of hydrogen-bond donors (Lipinski definition) is 1. The van der Waals surface area contributed by atoms with Gasteiger partial charge in [-0.25, -0.2) is 4.68 Å². The highest BCUT2D eigenvalue weighted by molar-refractivity contribution is 6.30. The van der Waals surface area contributed by atoms with Crippen LogP contribution in [0.4, 0.5) is 0 Å². The maximum absolute atomic E-state index is 13.7. The Hall–Kier alpha value is -3.79. The van der Waals surface area contributed by atoms with Crippen molar-refractivity contribution in [3.05, 3.63) is 110 Å². The normalized spacial score (nSPS) is 12.4. The molecule has 2 aromatic carbocycles. The van der Waals surface area contributed by atoms with Crippen molar-refractivity contribution in [2.75, 3.05) is 13.7 Å². The number of methoxy groups -OCH3 is 1. The lowest BCUT2D eigenvalue weighted by molar-refractivity contribution is 0.163. The third-order valence-electron chi connectivity index (χ3n) is 6.70. The number of ether oxygens (including phenoxy) is 1. The molecule has 0 radical (unpaired) electrons. The quantitative estimate of drug-likeness (QED) is 0.275. The Balaban J connectivity index is 1.69. The van der Waals surface area contributed by atoms with Gasteiger partial charge in [-0.05, 0) is 88.8 Å². The molecule has 196 valence electrons. The van der Waals surface area contributed by atoms with Gasteiger partial charge >= 0.3 is 0 Å². The van der Waals surface area contributed by atoms with Crippen LogP contribution in [0.2, 0.25) is 5.02 Å². The van der Waals surface area contributed by atoms with Gasteiger partial charge in [0.15, 0.2) is 5.82 Å². The number of nitrogens with zero attached hydrogens (tertiary/aromatic N) is 5. The minimum atomic E-state index is -0.586. The molecule has 3 heterocycles. The molecule has 0 aliphatic carbocycles. The SMILES string of the molecule is COCCn1nnnc1[C@H](c1cc2cc(C)c(C)cc2[nH]c1=O)N(Cc1ccc(Cl)cc1)Cc1ccco1. The van der Waals surface area contributed by atoms with Gasteiger partial charge < -0.3 is 14.1 Å². The molecule has 10 heteroatoms. The smallest absolute Gasteiger partial charge is 0.253 e. The number of fused-ring (bicyclic) bond motifs is 1. The van der Waals surface area contributed by atoms with Crippen molar-refractivity contribution in [1.82, 2.24) is 30.1 Å². The van der Waals surface area contributed by atoms with Crippen LogP contribution in [-0.2, 0) is 24.4 Å². The summed E-state index contributed by atoms with van der Waals surface area (Å²) in [5, 5.41) is 14.2. The molecular weight excluding hydrogens is 504 g/mol. The van der Waals surface area contributed by atoms with Crippen LogP contribution in [0.5, 0.6) is 0 Å². The zero-order valence-corrected chi connectivity index (χ0v) is 22.3. The summed E-state index contributed by atoms with van der Waals surface area (Å²) in [5.41, 5.74) is 4.40. The maximum atomic E-state index is 13.7. The number of aromatic amines is 1. The van der Waals surface area contributed by atoms with Crippen molar-refractivity contribution in [3.8, 4) is 0 Å². The summed E-state index contributed by atoms with van der Waals surface area (Å²) in [6.45, 7) is 5.87. The molecule has 0 saturated heterocycles. The van der Waals surface area contributed by atoms with Gasteiger partial charge in [0.2, 0.25) is 0 Å². The van der Waals surface area contributed by atoms with E-state index in [0.29, 0.717) is 42.7 Å². The molecule has 1 N–H and O–H groups in total. The zero-order valence-electron chi connectivity index (χ0n) is 21.5. The summed E-state index contributed by atoms with van der Waals surface area (Å²) >= 11 is 6.16. The molecule has 5 aromatic rings. The predicted octanol–water partition coefficient (Wildman–Crippen LogP) is 4.82. The second kappa shape index (κ2) is 11.3. The number of halogens is 1. The molecule has 3 aromatic heterocycles. The highest BCUT2D eigenvalue weighted by Crippen LogP contribution is 2.31. The average molecular weight is 533 g/mol. The summed E-state index contributed by atoms with van der Waals surface area (Å²) in [6.07, 6.45) is 1.64. The number of rotatable bonds is 10. The lowest BCUT2D eigenvalue weighted by Gasteiger charge is -2.30. The number of aromatic nitrogens is 5. The number of benzene rings is 2. The molecule has 0 fully saturated rings. The van der Waals surface area contributed by atoms with Crippen molar-refractivity contribution in [1.29, 1.82) is 0 Å². The molecule has 5 rings (SSSR count). The van der Waals surface area contributed by atoms with Crippen molar-refractivity contribution in [2.45, 2.75) is 39.5 Å². The predicted molar refractivity (Wildman–Crippen MR) is 145 cm³/mol. The first kappa shape index (κ1) is 25.8. The fraction of sp³-hybridized carbons (Fsp3) is 0.286. The standard InChI is InChI=1S/C28H29ClN6O3/c1-18-13-21-15-24(28(36)30-25(21)14-19(18)2)26(27-31-32-33-35(27)10-12-37-3)34(17-23-5-4-11-38-23)16-20-6-8-22(29)9-7-20/h4-9,11,13-15,26H,10,12,16-17H2,1-3H3,(H,30,36)/t26-/m0/s1. The average Bonchev–Trinajstić information content (AvgIpc) is 3.58. The Morgan fingerprint density at radius 2 is 1.89 bits per heavy atom. The van der Waals surface area contributed by atoms with E-state index in [9.17, 15) is 4.79 Å². The van der Waals surface area contributed by atoms with Gasteiger partial charge in [-0.1, -0.05) is 23.7 Å². The highest BCUT2D eigenvalue weighted by Gasteiger charge is 2.31. The number of aryl methyl sites for hydroxylation is 2. The van der Waals surface area contributed by atoms with E-state index >= 15 is 0 Å². The Morgan fingerprint density at radius 3 is 2.63 bits per heavy atom. The van der Waals surface area contributed by atoms with Crippen molar-refractivity contribution < 1.29 is 9.15 Å². The van der Waals surface area contributed by atoms with Crippen LogP contribution in [0.15, 0.2) is 70.1 Å². The first-order chi connectivity index (χ1) is 18.4. The Labute approximate surface area is 225 Å². The molecule has 38 heavy (non-hydrogen) atoms. The Morgan fingerprint density at radius 1 is 1.11 bits per heavy atom. The molecule has 0 saturated carbocycles. The van der Waals surface area contributed by atoms with E-state index in [1.165, 1.54) is 0 Å². The van der Waals surface area contributed by atoms with Crippen LogP contribution in [0.3, 0.4) is 0 Å². The lowest BCUT2D eigenvalue weighted by atomic mass is 10.00. The second-order valence-electron chi connectivity index (χ2n) is 9.34. The van der Waals surface area contributed by atoms with E-state index in [1.807, 2.05) is 55.5 Å². The van der Waals surface area contributed by atoms with Crippen molar-refractivity contribution in [2.24, 2.45) is 0 Å². The number of H-pyrrole nitrogens is 1. The van der Waals surface area contributed by atoms with E-state index in [-0.39, 0.29) is 5.56 Å². The van der Waals surface area contributed by atoms with E-state index in [4.69, 9.17) is 20.8 Å². The van der Waals surface area contributed by atoms with Crippen molar-refractivity contribution in [3.63, 3.8) is 0 Å². The number of pyridine rings is 1. The molecule has 0 aliphatic rings. The number of tetrazole rings is 1. The molecule has 9 nitrogen and oxygen atoms in total. The molecule has 0 unspecified atom stereocenters. The molecule has 0 bridgehead atoms. The molecule has 0 spiro atoms. The van der Waals surface area contributed by atoms with E-state index in [2.05, 4.69) is 38.4 Å². The van der Waals surface area contributed by atoms with Gasteiger partial charge in [-0.15, -0.1) is 5.10 Å². The number of nitrogens with one attached hydrogen (secondary N) is 1. The fourth-order valence-corrected chi connectivity index (χ4v) is 4.73. The summed E-state index contributed by atoms with van der Waals surface area (Å²) < 4.78 is 12.7. The van der Waals surface area contributed by atoms with Crippen LogP contribution >= 0.6 is 11.6 Å².